The van der Waals surface area contributed by atoms with Crippen LogP contribution in [0.5, 0.6) is 0 Å². The summed E-state index contributed by atoms with van der Waals surface area (Å²) in [5.41, 5.74) is 1.10. The van der Waals surface area contributed by atoms with Gasteiger partial charge in [-0.15, -0.1) is 0 Å². The van der Waals surface area contributed by atoms with Crippen LogP contribution in [0.2, 0.25) is 5.02 Å². The Kier molecular flexibility index (Phi) is 6.38. The number of ether oxygens (including phenoxy) is 1. The van der Waals surface area contributed by atoms with E-state index in [1.807, 2.05) is 33.8 Å². The number of anilines is 1. The van der Waals surface area contributed by atoms with Crippen LogP contribution in [0.25, 0.3) is 0 Å². The van der Waals surface area contributed by atoms with Crippen molar-refractivity contribution in [3.8, 4) is 0 Å². The maximum atomic E-state index is 12.5. The summed E-state index contributed by atoms with van der Waals surface area (Å²) < 4.78 is 6.13. The van der Waals surface area contributed by atoms with E-state index in [0.29, 0.717) is 36.6 Å². The monoisotopic (exact) mass is 430 g/mol. The number of halogens is 2. The van der Waals surface area contributed by atoms with Crippen LogP contribution in [0.4, 0.5) is 10.5 Å². The molecule has 1 heterocycles. The minimum Gasteiger partial charge on any atom is -0.444 e. The summed E-state index contributed by atoms with van der Waals surface area (Å²) in [6.45, 7) is 8.47. The van der Waals surface area contributed by atoms with Crippen LogP contribution in [0.3, 0.4) is 0 Å². The summed E-state index contributed by atoms with van der Waals surface area (Å²) in [7, 11) is 0. The Morgan fingerprint density at radius 2 is 1.88 bits per heavy atom. The van der Waals surface area contributed by atoms with Gasteiger partial charge in [-0.1, -0.05) is 11.6 Å². The molecule has 0 spiro atoms. The maximum absolute atomic E-state index is 12.5. The van der Waals surface area contributed by atoms with Crippen molar-refractivity contribution in [1.29, 1.82) is 0 Å². The molecule has 0 aromatic heterocycles. The van der Waals surface area contributed by atoms with Gasteiger partial charge in [-0.25, -0.2) is 4.79 Å². The van der Waals surface area contributed by atoms with Gasteiger partial charge in [0.25, 0.3) is 0 Å². The van der Waals surface area contributed by atoms with Crippen molar-refractivity contribution >= 4 is 45.2 Å². The molecule has 1 fully saturated rings. The number of rotatable bonds is 2. The first-order valence-corrected chi connectivity index (χ1v) is 9.48. The largest absolute Gasteiger partial charge is 0.444 e. The molecule has 0 radical (unpaired) electrons. The molecule has 0 unspecified atom stereocenters. The molecule has 138 valence electrons. The lowest BCUT2D eigenvalue weighted by atomic mass is 9.96. The van der Waals surface area contributed by atoms with Crippen LogP contribution < -0.4 is 5.32 Å². The minimum absolute atomic E-state index is 0.0359. The average Bonchev–Trinajstić information content (AvgIpc) is 2.51. The third-order valence-electron chi connectivity index (χ3n) is 4.02. The van der Waals surface area contributed by atoms with Gasteiger partial charge < -0.3 is 15.0 Å². The lowest BCUT2D eigenvalue weighted by Gasteiger charge is -2.33. The highest BCUT2D eigenvalue weighted by Crippen LogP contribution is 2.30. The molecule has 1 aromatic rings. The van der Waals surface area contributed by atoms with Gasteiger partial charge in [0.2, 0.25) is 5.91 Å². The standard InChI is InChI=1S/C18H24BrClN2O3/c1-11-9-15(13(19)10-14(11)20)21-16(23)12-5-7-22(8-6-12)17(24)25-18(2,3)4/h9-10,12H,5-8H2,1-4H3,(H,21,23). The number of piperidine rings is 1. The van der Waals surface area contributed by atoms with E-state index in [-0.39, 0.29) is 17.9 Å². The van der Waals surface area contributed by atoms with Crippen molar-refractivity contribution in [2.24, 2.45) is 5.92 Å². The second-order valence-corrected chi connectivity index (χ2v) is 8.57. The molecule has 25 heavy (non-hydrogen) atoms. The molecule has 2 amide bonds. The molecule has 1 saturated heterocycles. The molecule has 0 bridgehead atoms. The van der Waals surface area contributed by atoms with Crippen molar-refractivity contribution in [1.82, 2.24) is 4.90 Å². The van der Waals surface area contributed by atoms with Crippen LogP contribution in [-0.2, 0) is 9.53 Å². The Bertz CT molecular complexity index is 665. The second kappa shape index (κ2) is 7.96. The summed E-state index contributed by atoms with van der Waals surface area (Å²) >= 11 is 9.49. The van der Waals surface area contributed by atoms with E-state index >= 15 is 0 Å². The fourth-order valence-corrected chi connectivity index (χ4v) is 3.38. The van der Waals surface area contributed by atoms with E-state index in [2.05, 4.69) is 21.2 Å². The third kappa shape index (κ3) is 5.61. The SMILES string of the molecule is Cc1cc(NC(=O)C2CCN(C(=O)OC(C)(C)C)CC2)c(Br)cc1Cl. The molecule has 1 aliphatic heterocycles. The molecular formula is C18H24BrClN2O3. The first-order chi connectivity index (χ1) is 11.6. The number of hydrogen-bond acceptors (Lipinski definition) is 3. The number of nitrogens with zero attached hydrogens (tertiary/aromatic N) is 1. The summed E-state index contributed by atoms with van der Waals surface area (Å²) in [6.07, 6.45) is 0.923. The Balaban J connectivity index is 1.91. The predicted octanol–water partition coefficient (Wildman–Crippen LogP) is 5.00. The number of hydrogen-bond donors (Lipinski definition) is 1. The molecule has 0 aliphatic carbocycles. The van der Waals surface area contributed by atoms with E-state index in [1.165, 1.54) is 0 Å². The molecule has 5 nitrogen and oxygen atoms in total. The summed E-state index contributed by atoms with van der Waals surface area (Å²) in [5, 5.41) is 3.60. The van der Waals surface area contributed by atoms with E-state index in [0.717, 1.165) is 10.0 Å². The van der Waals surface area contributed by atoms with Gasteiger partial charge in [-0.3, -0.25) is 4.79 Å². The Morgan fingerprint density at radius 3 is 2.44 bits per heavy atom. The highest BCUT2D eigenvalue weighted by atomic mass is 79.9. The molecule has 0 saturated carbocycles. The van der Waals surface area contributed by atoms with Crippen molar-refractivity contribution < 1.29 is 14.3 Å². The Labute approximate surface area is 162 Å². The van der Waals surface area contributed by atoms with Crippen LogP contribution in [0.15, 0.2) is 16.6 Å². The normalized spacial score (nSPS) is 15.8. The lowest BCUT2D eigenvalue weighted by molar-refractivity contribution is -0.121. The van der Waals surface area contributed by atoms with Crippen molar-refractivity contribution in [3.05, 3.63) is 27.2 Å². The van der Waals surface area contributed by atoms with Gasteiger partial charge in [-0.05, 0) is 74.2 Å². The van der Waals surface area contributed by atoms with Gasteiger partial charge in [0.1, 0.15) is 5.60 Å². The number of nitrogens with one attached hydrogen (secondary N) is 1. The smallest absolute Gasteiger partial charge is 0.410 e. The number of benzene rings is 1. The molecule has 1 aromatic carbocycles. The predicted molar refractivity (Wildman–Crippen MR) is 103 cm³/mol. The van der Waals surface area contributed by atoms with E-state index in [4.69, 9.17) is 16.3 Å². The van der Waals surface area contributed by atoms with E-state index in [9.17, 15) is 9.59 Å². The van der Waals surface area contributed by atoms with E-state index in [1.54, 1.807) is 11.0 Å². The lowest BCUT2D eigenvalue weighted by Crippen LogP contribution is -2.43. The van der Waals surface area contributed by atoms with Gasteiger partial charge in [0, 0.05) is 28.5 Å². The number of likely N-dealkylation sites (tertiary alicyclic amines) is 1. The van der Waals surface area contributed by atoms with E-state index < -0.39 is 5.60 Å². The number of carbonyl (C=O) groups excluding carboxylic acids is 2. The number of aryl methyl sites for hydroxylation is 1. The fourth-order valence-electron chi connectivity index (χ4n) is 2.64. The first kappa shape index (κ1) is 20.0. The van der Waals surface area contributed by atoms with Crippen LogP contribution >= 0.6 is 27.5 Å². The van der Waals surface area contributed by atoms with Gasteiger partial charge >= 0.3 is 6.09 Å². The fraction of sp³-hybridized carbons (Fsp3) is 0.556. The highest BCUT2D eigenvalue weighted by Gasteiger charge is 2.30. The quantitative estimate of drug-likeness (QED) is 0.717. The zero-order chi connectivity index (χ0) is 18.8. The Hall–Kier alpha value is -1.27. The van der Waals surface area contributed by atoms with Crippen LogP contribution in [0, 0.1) is 12.8 Å². The molecule has 1 N–H and O–H groups in total. The molecular weight excluding hydrogens is 408 g/mol. The zero-order valence-electron chi connectivity index (χ0n) is 15.0. The molecule has 1 aliphatic rings. The van der Waals surface area contributed by atoms with Crippen molar-refractivity contribution in [2.45, 2.75) is 46.1 Å². The Morgan fingerprint density at radius 1 is 1.28 bits per heavy atom. The minimum atomic E-state index is -0.510. The van der Waals surface area contributed by atoms with Gasteiger partial charge in [0.05, 0.1) is 5.69 Å². The third-order valence-corrected chi connectivity index (χ3v) is 5.09. The highest BCUT2D eigenvalue weighted by molar-refractivity contribution is 9.10. The molecule has 0 atom stereocenters. The number of amides is 2. The molecule has 7 heteroatoms. The zero-order valence-corrected chi connectivity index (χ0v) is 17.3. The maximum Gasteiger partial charge on any atom is 0.410 e. The second-order valence-electron chi connectivity index (χ2n) is 7.31. The average molecular weight is 432 g/mol. The van der Waals surface area contributed by atoms with Crippen LogP contribution in [0.1, 0.15) is 39.2 Å². The molecule has 2 rings (SSSR count). The topological polar surface area (TPSA) is 58.6 Å². The summed E-state index contributed by atoms with van der Waals surface area (Å²) in [4.78, 5) is 26.3. The number of carbonyl (C=O) groups is 2. The van der Waals surface area contributed by atoms with Crippen LogP contribution in [-0.4, -0.2) is 35.6 Å². The van der Waals surface area contributed by atoms with Gasteiger partial charge in [0.15, 0.2) is 0 Å². The summed E-state index contributed by atoms with van der Waals surface area (Å²) in [5.74, 6) is -0.159. The van der Waals surface area contributed by atoms with Crippen molar-refractivity contribution in [2.75, 3.05) is 18.4 Å². The first-order valence-electron chi connectivity index (χ1n) is 8.31. The van der Waals surface area contributed by atoms with Crippen molar-refractivity contribution in [3.63, 3.8) is 0 Å². The summed E-state index contributed by atoms with van der Waals surface area (Å²) in [6, 6.07) is 3.62. The van der Waals surface area contributed by atoms with Gasteiger partial charge in [-0.2, -0.15) is 0 Å².